The average Bonchev–Trinajstić information content (AvgIpc) is 3.31. The Kier molecular flexibility index (Phi) is 7.51. The predicted octanol–water partition coefficient (Wildman–Crippen LogP) is 1.22. The number of amides is 1. The minimum Gasteiger partial charge on any atom is -0.490 e. The van der Waals surface area contributed by atoms with Crippen LogP contribution >= 0.6 is 0 Å². The van der Waals surface area contributed by atoms with Crippen LogP contribution in [0.1, 0.15) is 6.17 Å². The first kappa shape index (κ1) is 24.8. The van der Waals surface area contributed by atoms with Crippen LogP contribution in [0.5, 0.6) is 5.75 Å². The number of fused-ring (bicyclic) bond motifs is 1. The third-order valence-electron chi connectivity index (χ3n) is 5.29. The lowest BCUT2D eigenvalue weighted by molar-refractivity contribution is -0.124. The molecule has 0 aliphatic carbocycles. The van der Waals surface area contributed by atoms with Crippen molar-refractivity contribution in [3.05, 3.63) is 65.4 Å². The van der Waals surface area contributed by atoms with Crippen LogP contribution in [0, 0.1) is 5.82 Å². The molecule has 4 aromatic rings. The lowest BCUT2D eigenvalue weighted by atomic mass is 10.1. The fraction of sp³-hybridized carbons (Fsp3) is 0.261. The van der Waals surface area contributed by atoms with E-state index in [9.17, 15) is 14.0 Å². The number of nitrogens with zero attached hydrogens (tertiary/aromatic N) is 5. The molecule has 0 aliphatic heterocycles. The molecule has 4 heterocycles. The Morgan fingerprint density at radius 2 is 2.00 bits per heavy atom. The number of carbonyl (C=O) groups is 1. The normalized spacial score (nSPS) is 11.9. The minimum atomic E-state index is -1.11. The molecule has 0 radical (unpaired) electrons. The number of rotatable bonds is 10. The summed E-state index contributed by atoms with van der Waals surface area (Å²) in [6.07, 6.45) is 6.63. The number of pyridine rings is 3. The lowest BCUT2D eigenvalue weighted by Crippen LogP contribution is -2.45. The Morgan fingerprint density at radius 1 is 1.17 bits per heavy atom. The molecule has 12 nitrogen and oxygen atoms in total. The second-order valence-corrected chi connectivity index (χ2v) is 7.74. The largest absolute Gasteiger partial charge is 0.490 e. The Hall–Kier alpha value is -4.36. The second-order valence-electron chi connectivity index (χ2n) is 7.74. The number of hydrazine groups is 1. The Morgan fingerprint density at radius 3 is 2.69 bits per heavy atom. The number of nitrogens with one attached hydrogen (secondary N) is 3. The van der Waals surface area contributed by atoms with Crippen LogP contribution in [0.4, 0.5) is 10.2 Å². The molecule has 0 bridgehead atoms. The topological polar surface area (TPSA) is 137 Å². The van der Waals surface area contributed by atoms with E-state index in [2.05, 4.69) is 31.2 Å². The first-order valence-electron chi connectivity index (χ1n) is 10.9. The van der Waals surface area contributed by atoms with E-state index in [1.807, 2.05) is 0 Å². The van der Waals surface area contributed by atoms with E-state index < -0.39 is 23.4 Å². The van der Waals surface area contributed by atoms with Gasteiger partial charge in [-0.05, 0) is 25.2 Å². The molecule has 0 saturated carbocycles. The van der Waals surface area contributed by atoms with E-state index >= 15 is 0 Å². The highest BCUT2D eigenvalue weighted by Gasteiger charge is 2.21. The number of aryl methyl sites for hydroxylation is 1. The van der Waals surface area contributed by atoms with Gasteiger partial charge >= 0.3 is 0 Å². The molecule has 0 aliphatic rings. The zero-order valence-corrected chi connectivity index (χ0v) is 19.9. The third-order valence-corrected chi connectivity index (χ3v) is 5.29. The molecule has 0 aromatic carbocycles. The fourth-order valence-electron chi connectivity index (χ4n) is 3.49. The van der Waals surface area contributed by atoms with Crippen molar-refractivity contribution in [1.82, 2.24) is 35.1 Å². The van der Waals surface area contributed by atoms with Crippen LogP contribution in [0.25, 0.3) is 22.0 Å². The number of hydrogen-bond donors (Lipinski definition) is 3. The minimum absolute atomic E-state index is 0.182. The summed E-state index contributed by atoms with van der Waals surface area (Å²) in [5.74, 6) is -1.10. The van der Waals surface area contributed by atoms with Gasteiger partial charge in [0.1, 0.15) is 12.4 Å². The lowest BCUT2D eigenvalue weighted by Gasteiger charge is -2.19. The van der Waals surface area contributed by atoms with Gasteiger partial charge in [-0.25, -0.2) is 9.37 Å². The van der Waals surface area contributed by atoms with Gasteiger partial charge < -0.3 is 9.47 Å². The van der Waals surface area contributed by atoms with Crippen LogP contribution in [0.2, 0.25) is 0 Å². The molecule has 4 rings (SSSR count). The summed E-state index contributed by atoms with van der Waals surface area (Å²) in [4.78, 5) is 34.3. The monoisotopic (exact) mass is 496 g/mol. The smallest absolute Gasteiger partial charge is 0.276 e. The number of ether oxygens (including phenoxy) is 2. The average molecular weight is 497 g/mol. The van der Waals surface area contributed by atoms with E-state index in [-0.39, 0.29) is 11.2 Å². The molecule has 1 unspecified atom stereocenters. The number of hydrogen-bond acceptors (Lipinski definition) is 9. The maximum Gasteiger partial charge on any atom is 0.276 e. The Labute approximate surface area is 205 Å². The summed E-state index contributed by atoms with van der Waals surface area (Å²) in [6.45, 7) is 0.680. The molecule has 0 spiro atoms. The van der Waals surface area contributed by atoms with Crippen molar-refractivity contribution in [3.63, 3.8) is 0 Å². The second kappa shape index (κ2) is 10.9. The summed E-state index contributed by atoms with van der Waals surface area (Å²) in [5, 5.41) is 7.11. The van der Waals surface area contributed by atoms with E-state index in [4.69, 9.17) is 9.47 Å². The van der Waals surface area contributed by atoms with Crippen LogP contribution in [-0.4, -0.2) is 57.6 Å². The number of carbonyl (C=O) groups excluding carboxylic acids is 1. The quantitative estimate of drug-likeness (QED) is 0.219. The molecular weight excluding hydrogens is 471 g/mol. The van der Waals surface area contributed by atoms with Gasteiger partial charge in [0, 0.05) is 43.9 Å². The highest BCUT2D eigenvalue weighted by molar-refractivity contribution is 5.83. The summed E-state index contributed by atoms with van der Waals surface area (Å²) in [5.41, 5.74) is 6.08. The van der Waals surface area contributed by atoms with E-state index in [0.717, 1.165) is 0 Å². The first-order chi connectivity index (χ1) is 17.4. The number of anilines is 1. The van der Waals surface area contributed by atoms with Crippen molar-refractivity contribution < 1.29 is 18.7 Å². The van der Waals surface area contributed by atoms with E-state index in [1.165, 1.54) is 36.3 Å². The predicted molar refractivity (Wildman–Crippen MR) is 130 cm³/mol. The molecule has 0 saturated heterocycles. The molecule has 1 amide bonds. The Bertz CT molecular complexity index is 1440. The number of likely N-dealkylation sites (N-methyl/N-ethyl adjacent to an activating group) is 1. The summed E-state index contributed by atoms with van der Waals surface area (Å²) >= 11 is 0. The van der Waals surface area contributed by atoms with E-state index in [0.29, 0.717) is 35.6 Å². The van der Waals surface area contributed by atoms with Crippen molar-refractivity contribution in [2.24, 2.45) is 7.05 Å². The first-order valence-corrected chi connectivity index (χ1v) is 10.9. The highest BCUT2D eigenvalue weighted by atomic mass is 19.1. The van der Waals surface area contributed by atoms with Gasteiger partial charge in [0.2, 0.25) is 0 Å². The number of halogens is 1. The zero-order valence-electron chi connectivity index (χ0n) is 19.9. The molecule has 1 atom stereocenters. The van der Waals surface area contributed by atoms with Gasteiger partial charge in [0.25, 0.3) is 11.5 Å². The van der Waals surface area contributed by atoms with E-state index in [1.54, 1.807) is 43.4 Å². The molecule has 0 fully saturated rings. The maximum absolute atomic E-state index is 14.6. The van der Waals surface area contributed by atoms with Crippen molar-refractivity contribution >= 4 is 22.6 Å². The molecule has 13 heteroatoms. The highest BCUT2D eigenvalue weighted by Crippen LogP contribution is 2.21. The maximum atomic E-state index is 14.6. The van der Waals surface area contributed by atoms with Gasteiger partial charge in [0.15, 0.2) is 17.8 Å². The number of methoxy groups -OCH3 is 1. The number of aromatic nitrogens is 5. The molecular formula is C23H25FN8O4. The fourth-order valence-corrected chi connectivity index (χ4v) is 3.49. The van der Waals surface area contributed by atoms with Gasteiger partial charge in [0.05, 0.1) is 29.9 Å². The van der Waals surface area contributed by atoms with Crippen molar-refractivity contribution in [3.8, 4) is 16.9 Å². The van der Waals surface area contributed by atoms with Crippen molar-refractivity contribution in [2.75, 3.05) is 32.8 Å². The zero-order chi connectivity index (χ0) is 25.7. The van der Waals surface area contributed by atoms with Crippen molar-refractivity contribution in [2.45, 2.75) is 6.17 Å². The van der Waals surface area contributed by atoms with Crippen LogP contribution in [0.3, 0.4) is 0 Å². The van der Waals surface area contributed by atoms with Crippen LogP contribution < -0.4 is 26.5 Å². The van der Waals surface area contributed by atoms with Gasteiger partial charge in [-0.3, -0.25) is 40.0 Å². The SMILES string of the molecule is CNC(C(=O)NNc1ncc(-c2cnn(C)c2)cc1F)n1ccc2ncc(OCCOC)cc2c1=O. The summed E-state index contributed by atoms with van der Waals surface area (Å²) < 4.78 is 27.9. The van der Waals surface area contributed by atoms with Crippen molar-refractivity contribution in [1.29, 1.82) is 0 Å². The van der Waals surface area contributed by atoms with Gasteiger partial charge in [-0.1, -0.05) is 0 Å². The summed E-state index contributed by atoms with van der Waals surface area (Å²) in [7, 11) is 4.83. The molecule has 3 N–H and O–H groups in total. The van der Waals surface area contributed by atoms with Gasteiger partial charge in [-0.2, -0.15) is 5.10 Å². The Balaban J connectivity index is 1.50. The van der Waals surface area contributed by atoms with Crippen LogP contribution in [-0.2, 0) is 16.6 Å². The van der Waals surface area contributed by atoms with Crippen LogP contribution in [0.15, 0.2) is 54.0 Å². The van der Waals surface area contributed by atoms with Gasteiger partial charge in [-0.15, -0.1) is 0 Å². The molecule has 4 aromatic heterocycles. The summed E-state index contributed by atoms with van der Waals surface area (Å²) in [6, 6.07) is 4.45. The molecule has 188 valence electrons. The molecule has 36 heavy (non-hydrogen) atoms. The third kappa shape index (κ3) is 5.31. The standard InChI is InChI=1S/C23H25FN8O4/c1-25-21(32-5-4-19-17(23(32)34)9-16(12-26-19)36-7-6-35-3)22(33)30-29-20-18(24)8-14(10-27-20)15-11-28-31(2)13-15/h4-5,8-13,21,25H,6-7H2,1-3H3,(H,27,29)(H,30,33).